The fourth-order valence-electron chi connectivity index (χ4n) is 2.67. The smallest absolute Gasteiger partial charge is 0.354 e. The molecule has 25 heavy (non-hydrogen) atoms. The highest BCUT2D eigenvalue weighted by molar-refractivity contribution is 5.91. The van der Waals surface area contributed by atoms with E-state index < -0.39 is 17.5 Å². The molecule has 2 heterocycles. The molecule has 130 valence electrons. The summed E-state index contributed by atoms with van der Waals surface area (Å²) in [4.78, 5) is 26.6. The first kappa shape index (κ1) is 16.8. The molecule has 1 aliphatic heterocycles. The molecule has 2 aromatic rings. The minimum absolute atomic E-state index is 0.0784. The van der Waals surface area contributed by atoms with Crippen molar-refractivity contribution in [1.29, 1.82) is 0 Å². The maximum atomic E-state index is 11.9. The third-order valence-electron chi connectivity index (χ3n) is 3.76. The zero-order valence-corrected chi connectivity index (χ0v) is 14.0. The number of aromatic carboxylic acids is 1. The summed E-state index contributed by atoms with van der Waals surface area (Å²) in [5.41, 5.74) is 0.648. The minimum atomic E-state index is -1.12. The molecule has 0 unspecified atom stereocenters. The van der Waals surface area contributed by atoms with Gasteiger partial charge in [-0.1, -0.05) is 0 Å². The number of carbonyl (C=O) groups is 2. The largest absolute Gasteiger partial charge is 0.487 e. The van der Waals surface area contributed by atoms with Gasteiger partial charge in [0.05, 0.1) is 18.9 Å². The molecule has 0 radical (unpaired) electrons. The summed E-state index contributed by atoms with van der Waals surface area (Å²) in [7, 11) is 1.30. The molecule has 0 saturated heterocycles. The van der Waals surface area contributed by atoms with Crippen molar-refractivity contribution < 1.29 is 28.9 Å². The Morgan fingerprint density at radius 3 is 2.64 bits per heavy atom. The molecule has 1 N–H and O–H groups in total. The molecule has 1 aromatic carbocycles. The van der Waals surface area contributed by atoms with Gasteiger partial charge in [-0.25, -0.2) is 14.6 Å². The first-order valence-corrected chi connectivity index (χ1v) is 7.60. The van der Waals surface area contributed by atoms with Crippen molar-refractivity contribution in [3.8, 4) is 17.2 Å². The molecule has 0 fully saturated rings. The van der Waals surface area contributed by atoms with E-state index >= 15 is 0 Å². The average Bonchev–Trinajstić information content (AvgIpc) is 2.88. The molecular weight excluding hydrogens is 326 g/mol. The number of aromatic nitrogens is 1. The number of nitrogens with zero attached hydrogens (tertiary/aromatic N) is 1. The van der Waals surface area contributed by atoms with E-state index in [2.05, 4.69) is 4.98 Å². The van der Waals surface area contributed by atoms with Crippen LogP contribution in [0, 0.1) is 0 Å². The fraction of sp³-hybridized carbons (Fsp3) is 0.278. The first-order valence-electron chi connectivity index (χ1n) is 7.60. The number of carboxylic acids is 1. The standard InChI is InChI=1S/C18H17NO6/c1-18(2)8-12-14(6-10(17(22)23-3)7-15(12)25-18)24-11-4-5-13(16(20)21)19-9-11/h4-7,9H,8H2,1-3H3,(H,20,21). The molecule has 1 aliphatic rings. The number of pyridine rings is 1. The van der Waals surface area contributed by atoms with E-state index in [1.807, 2.05) is 13.8 Å². The molecule has 0 saturated carbocycles. The molecule has 3 rings (SSSR count). The second kappa shape index (κ2) is 6.08. The van der Waals surface area contributed by atoms with Crippen LogP contribution in [0.2, 0.25) is 0 Å². The van der Waals surface area contributed by atoms with Crippen LogP contribution in [0.15, 0.2) is 30.5 Å². The zero-order valence-electron chi connectivity index (χ0n) is 14.0. The second-order valence-electron chi connectivity index (χ2n) is 6.27. The topological polar surface area (TPSA) is 95.0 Å². The number of fused-ring (bicyclic) bond motifs is 1. The summed E-state index contributed by atoms with van der Waals surface area (Å²) in [5.74, 6) is -0.235. The van der Waals surface area contributed by atoms with E-state index in [-0.39, 0.29) is 5.69 Å². The molecule has 0 atom stereocenters. The number of rotatable bonds is 4. The Kier molecular flexibility index (Phi) is 4.08. The third-order valence-corrected chi connectivity index (χ3v) is 3.76. The molecule has 7 heteroatoms. The number of esters is 1. The van der Waals surface area contributed by atoms with Crippen molar-refractivity contribution in [2.75, 3.05) is 7.11 Å². The lowest BCUT2D eigenvalue weighted by molar-refractivity contribution is 0.0598. The Bertz CT molecular complexity index is 841. The van der Waals surface area contributed by atoms with Crippen molar-refractivity contribution in [2.24, 2.45) is 0 Å². The Balaban J connectivity index is 1.98. The minimum Gasteiger partial charge on any atom is -0.487 e. The van der Waals surface area contributed by atoms with Gasteiger partial charge in [0.1, 0.15) is 28.5 Å². The van der Waals surface area contributed by atoms with Crippen LogP contribution in [0.3, 0.4) is 0 Å². The van der Waals surface area contributed by atoms with Gasteiger partial charge in [0.15, 0.2) is 0 Å². The number of carboxylic acid groups (broad SMARTS) is 1. The molecule has 1 aromatic heterocycles. The molecule has 0 amide bonds. The SMILES string of the molecule is COC(=O)c1cc(Oc2ccc(C(=O)O)nc2)c2c(c1)OC(C)(C)C2. The van der Waals surface area contributed by atoms with Crippen molar-refractivity contribution in [3.05, 3.63) is 47.3 Å². The lowest BCUT2D eigenvalue weighted by atomic mass is 10.00. The van der Waals surface area contributed by atoms with Crippen LogP contribution in [-0.2, 0) is 11.2 Å². The van der Waals surface area contributed by atoms with Crippen molar-refractivity contribution in [2.45, 2.75) is 25.9 Å². The highest BCUT2D eigenvalue weighted by Gasteiger charge is 2.34. The van der Waals surface area contributed by atoms with Crippen molar-refractivity contribution in [3.63, 3.8) is 0 Å². The number of carbonyl (C=O) groups excluding carboxylic acids is 1. The summed E-state index contributed by atoms with van der Waals surface area (Å²) in [6.07, 6.45) is 1.93. The zero-order chi connectivity index (χ0) is 18.2. The van der Waals surface area contributed by atoms with E-state index in [0.717, 1.165) is 5.56 Å². The Hall–Kier alpha value is -3.09. The Labute approximate surface area is 144 Å². The average molecular weight is 343 g/mol. The van der Waals surface area contributed by atoms with Gasteiger partial charge >= 0.3 is 11.9 Å². The molecule has 0 bridgehead atoms. The predicted octanol–water partition coefficient (Wildman–Crippen LogP) is 3.07. The maximum absolute atomic E-state index is 11.9. The van der Waals surface area contributed by atoms with Gasteiger partial charge in [0.25, 0.3) is 0 Å². The van der Waals surface area contributed by atoms with Gasteiger partial charge in [0, 0.05) is 12.0 Å². The van der Waals surface area contributed by atoms with Gasteiger partial charge in [-0.3, -0.25) is 0 Å². The number of hydrogen-bond acceptors (Lipinski definition) is 6. The highest BCUT2D eigenvalue weighted by Crippen LogP contribution is 2.42. The molecule has 0 aliphatic carbocycles. The van der Waals surface area contributed by atoms with Gasteiger partial charge in [-0.15, -0.1) is 0 Å². The monoisotopic (exact) mass is 343 g/mol. The van der Waals surface area contributed by atoms with E-state index in [9.17, 15) is 9.59 Å². The number of ether oxygens (including phenoxy) is 3. The second-order valence-corrected chi connectivity index (χ2v) is 6.27. The quantitative estimate of drug-likeness (QED) is 0.852. The van der Waals surface area contributed by atoms with Crippen LogP contribution in [-0.4, -0.2) is 34.7 Å². The molecule has 0 spiro atoms. The predicted molar refractivity (Wildman–Crippen MR) is 87.5 cm³/mol. The van der Waals surface area contributed by atoms with Crippen LogP contribution in [0.4, 0.5) is 0 Å². The van der Waals surface area contributed by atoms with E-state index in [0.29, 0.717) is 29.2 Å². The number of methoxy groups -OCH3 is 1. The first-order chi connectivity index (χ1) is 11.8. The van der Waals surface area contributed by atoms with Crippen LogP contribution >= 0.6 is 0 Å². The third kappa shape index (κ3) is 3.40. The molecule has 7 nitrogen and oxygen atoms in total. The number of hydrogen-bond donors (Lipinski definition) is 1. The number of benzene rings is 1. The normalized spacial score (nSPS) is 14.4. The molecular formula is C18H17NO6. The summed E-state index contributed by atoms with van der Waals surface area (Å²) in [6, 6.07) is 6.08. The fourth-order valence-corrected chi connectivity index (χ4v) is 2.67. The van der Waals surface area contributed by atoms with Gasteiger partial charge in [0.2, 0.25) is 0 Å². The Morgan fingerprint density at radius 1 is 1.28 bits per heavy atom. The summed E-state index contributed by atoms with van der Waals surface area (Å²) >= 11 is 0. The summed E-state index contributed by atoms with van der Waals surface area (Å²) < 4.78 is 16.5. The summed E-state index contributed by atoms with van der Waals surface area (Å²) in [5, 5.41) is 8.90. The summed E-state index contributed by atoms with van der Waals surface area (Å²) in [6.45, 7) is 3.88. The maximum Gasteiger partial charge on any atom is 0.354 e. The van der Waals surface area contributed by atoms with Gasteiger partial charge in [-0.2, -0.15) is 0 Å². The van der Waals surface area contributed by atoms with Gasteiger partial charge in [-0.05, 0) is 38.1 Å². The lowest BCUT2D eigenvalue weighted by Crippen LogP contribution is -2.24. The van der Waals surface area contributed by atoms with E-state index in [1.165, 1.54) is 25.4 Å². The van der Waals surface area contributed by atoms with E-state index in [4.69, 9.17) is 19.3 Å². The van der Waals surface area contributed by atoms with Crippen molar-refractivity contribution >= 4 is 11.9 Å². The van der Waals surface area contributed by atoms with E-state index in [1.54, 1.807) is 12.1 Å². The van der Waals surface area contributed by atoms with Crippen LogP contribution in [0.25, 0.3) is 0 Å². The lowest BCUT2D eigenvalue weighted by Gasteiger charge is -2.16. The Morgan fingerprint density at radius 2 is 2.04 bits per heavy atom. The van der Waals surface area contributed by atoms with Crippen LogP contribution in [0.1, 0.15) is 40.3 Å². The highest BCUT2D eigenvalue weighted by atomic mass is 16.5. The van der Waals surface area contributed by atoms with Gasteiger partial charge < -0.3 is 19.3 Å². The van der Waals surface area contributed by atoms with Crippen LogP contribution in [0.5, 0.6) is 17.2 Å². The van der Waals surface area contributed by atoms with Crippen LogP contribution < -0.4 is 9.47 Å². The van der Waals surface area contributed by atoms with Crippen molar-refractivity contribution in [1.82, 2.24) is 4.98 Å².